The van der Waals surface area contributed by atoms with Gasteiger partial charge in [0, 0.05) is 22.0 Å². The SMILES string of the molecule is O=C(O)c1[nH]c2ccc(-c3noc(-c4cc(-c5ccccc5)c(C(F)(F)F)s4)n3)cc2c1Cl. The number of H-pyrrole nitrogens is 1. The molecule has 166 valence electrons. The van der Waals surface area contributed by atoms with Gasteiger partial charge in [-0.15, -0.1) is 11.3 Å². The van der Waals surface area contributed by atoms with Gasteiger partial charge in [0.05, 0.1) is 9.90 Å². The van der Waals surface area contributed by atoms with Crippen LogP contribution < -0.4 is 0 Å². The molecule has 5 rings (SSSR count). The molecule has 0 atom stereocenters. The summed E-state index contributed by atoms with van der Waals surface area (Å²) in [4.78, 5) is 17.7. The van der Waals surface area contributed by atoms with E-state index in [9.17, 15) is 23.1 Å². The average molecular weight is 490 g/mol. The molecule has 3 aromatic heterocycles. The number of aromatic nitrogens is 3. The zero-order valence-corrected chi connectivity index (χ0v) is 17.8. The molecule has 0 saturated carbocycles. The topological polar surface area (TPSA) is 92.0 Å². The molecule has 0 unspecified atom stereocenters. The van der Waals surface area contributed by atoms with Crippen molar-refractivity contribution < 1.29 is 27.6 Å². The van der Waals surface area contributed by atoms with E-state index in [1.807, 2.05) is 0 Å². The van der Waals surface area contributed by atoms with Gasteiger partial charge in [0.25, 0.3) is 5.89 Å². The lowest BCUT2D eigenvalue weighted by Gasteiger charge is -2.07. The molecule has 2 N–H and O–H groups in total. The lowest BCUT2D eigenvalue weighted by atomic mass is 10.1. The second-order valence-electron chi connectivity index (χ2n) is 7.02. The first kappa shape index (κ1) is 21.2. The number of aromatic carboxylic acids is 1. The van der Waals surface area contributed by atoms with Crippen molar-refractivity contribution in [2.45, 2.75) is 6.18 Å². The number of halogens is 4. The number of carboxylic acid groups (broad SMARTS) is 1. The summed E-state index contributed by atoms with van der Waals surface area (Å²) in [6.07, 6.45) is -4.55. The minimum Gasteiger partial charge on any atom is -0.477 e. The normalized spacial score (nSPS) is 11.9. The van der Waals surface area contributed by atoms with Crippen molar-refractivity contribution in [1.29, 1.82) is 0 Å². The van der Waals surface area contributed by atoms with Gasteiger partial charge in [-0.1, -0.05) is 47.1 Å². The van der Waals surface area contributed by atoms with E-state index in [1.54, 1.807) is 48.5 Å². The van der Waals surface area contributed by atoms with Gasteiger partial charge in [0.1, 0.15) is 10.6 Å². The van der Waals surface area contributed by atoms with Gasteiger partial charge in [0.2, 0.25) is 5.82 Å². The number of carbonyl (C=O) groups is 1. The van der Waals surface area contributed by atoms with Crippen LogP contribution in [0, 0.1) is 0 Å². The summed E-state index contributed by atoms with van der Waals surface area (Å²) < 4.78 is 46.2. The van der Waals surface area contributed by atoms with Gasteiger partial charge < -0.3 is 14.6 Å². The molecule has 6 nitrogen and oxygen atoms in total. The summed E-state index contributed by atoms with van der Waals surface area (Å²) >= 11 is 6.67. The molecule has 11 heteroatoms. The van der Waals surface area contributed by atoms with Crippen molar-refractivity contribution in [3.63, 3.8) is 0 Å². The average Bonchev–Trinajstić information content (AvgIpc) is 3.51. The molecule has 33 heavy (non-hydrogen) atoms. The first-order valence-electron chi connectivity index (χ1n) is 9.38. The fraction of sp³-hybridized carbons (Fsp3) is 0.0455. The number of alkyl halides is 3. The van der Waals surface area contributed by atoms with Crippen molar-refractivity contribution >= 4 is 39.8 Å². The van der Waals surface area contributed by atoms with Gasteiger partial charge in [-0.25, -0.2) is 4.79 Å². The summed E-state index contributed by atoms with van der Waals surface area (Å²) in [5, 5.41) is 13.6. The van der Waals surface area contributed by atoms with Crippen LogP contribution in [-0.2, 0) is 6.18 Å². The summed E-state index contributed by atoms with van der Waals surface area (Å²) in [6.45, 7) is 0. The third kappa shape index (κ3) is 3.77. The molecule has 0 aliphatic carbocycles. The molecule has 2 aromatic carbocycles. The predicted molar refractivity (Wildman–Crippen MR) is 117 cm³/mol. The molecule has 0 amide bonds. The van der Waals surface area contributed by atoms with E-state index in [-0.39, 0.29) is 32.9 Å². The minimum absolute atomic E-state index is 0.0312. The highest BCUT2D eigenvalue weighted by atomic mass is 35.5. The van der Waals surface area contributed by atoms with E-state index in [1.165, 1.54) is 6.07 Å². The van der Waals surface area contributed by atoms with Crippen LogP contribution in [0.2, 0.25) is 5.02 Å². The highest BCUT2D eigenvalue weighted by molar-refractivity contribution is 7.16. The lowest BCUT2D eigenvalue weighted by molar-refractivity contribution is -0.133. The predicted octanol–water partition coefficient (Wildman–Crippen LogP) is 6.98. The first-order valence-corrected chi connectivity index (χ1v) is 10.6. The third-order valence-electron chi connectivity index (χ3n) is 4.92. The van der Waals surface area contributed by atoms with Crippen molar-refractivity contribution in [3.8, 4) is 33.3 Å². The Morgan fingerprint density at radius 1 is 1.09 bits per heavy atom. The fourth-order valence-corrected chi connectivity index (χ4v) is 4.68. The van der Waals surface area contributed by atoms with E-state index < -0.39 is 17.0 Å². The summed E-state index contributed by atoms with van der Waals surface area (Å²) in [5.74, 6) is -1.13. The standard InChI is InChI=1S/C22H11ClF3N3O3S/c23-16-13-8-11(6-7-14(13)27-17(16)21(30)31)19-28-20(32-29-19)15-9-12(10-4-2-1-3-5-10)18(33-15)22(24,25)26/h1-9,27H,(H,30,31). The zero-order chi connectivity index (χ0) is 23.3. The number of benzene rings is 2. The lowest BCUT2D eigenvalue weighted by Crippen LogP contribution is -2.03. The first-order chi connectivity index (χ1) is 15.7. The van der Waals surface area contributed by atoms with Crippen LogP contribution in [0.25, 0.3) is 44.2 Å². The van der Waals surface area contributed by atoms with E-state index in [4.69, 9.17) is 16.1 Å². The fourth-order valence-electron chi connectivity index (χ4n) is 3.43. The van der Waals surface area contributed by atoms with E-state index in [2.05, 4.69) is 15.1 Å². The van der Waals surface area contributed by atoms with Gasteiger partial charge in [0.15, 0.2) is 0 Å². The molecular weight excluding hydrogens is 479 g/mol. The molecule has 0 spiro atoms. The second-order valence-corrected chi connectivity index (χ2v) is 8.45. The monoisotopic (exact) mass is 489 g/mol. The highest BCUT2D eigenvalue weighted by Crippen LogP contribution is 2.45. The summed E-state index contributed by atoms with van der Waals surface area (Å²) in [5.41, 5.74) is 1.28. The minimum atomic E-state index is -4.55. The number of rotatable bonds is 4. The number of nitrogens with one attached hydrogen (secondary N) is 1. The van der Waals surface area contributed by atoms with Crippen molar-refractivity contribution in [2.75, 3.05) is 0 Å². The summed E-state index contributed by atoms with van der Waals surface area (Å²) in [6, 6.07) is 14.4. The number of hydrogen-bond acceptors (Lipinski definition) is 5. The van der Waals surface area contributed by atoms with Crippen LogP contribution in [0.15, 0.2) is 59.1 Å². The molecule has 5 aromatic rings. The molecule has 3 heterocycles. The van der Waals surface area contributed by atoms with E-state index >= 15 is 0 Å². The highest BCUT2D eigenvalue weighted by Gasteiger charge is 2.37. The summed E-state index contributed by atoms with van der Waals surface area (Å²) in [7, 11) is 0. The number of carboxylic acids is 1. The Morgan fingerprint density at radius 3 is 2.55 bits per heavy atom. The van der Waals surface area contributed by atoms with Gasteiger partial charge in [-0.3, -0.25) is 0 Å². The van der Waals surface area contributed by atoms with Crippen LogP contribution in [0.1, 0.15) is 15.4 Å². The van der Waals surface area contributed by atoms with Gasteiger partial charge >= 0.3 is 12.1 Å². The van der Waals surface area contributed by atoms with Crippen LogP contribution >= 0.6 is 22.9 Å². The Hall–Kier alpha value is -3.63. The maximum Gasteiger partial charge on any atom is 0.426 e. The number of fused-ring (bicyclic) bond motifs is 1. The maximum atomic E-state index is 13.7. The van der Waals surface area contributed by atoms with Gasteiger partial charge in [-0.2, -0.15) is 18.2 Å². The van der Waals surface area contributed by atoms with Crippen LogP contribution in [0.4, 0.5) is 13.2 Å². The zero-order valence-electron chi connectivity index (χ0n) is 16.3. The molecule has 0 fully saturated rings. The Bertz CT molecular complexity index is 1510. The van der Waals surface area contributed by atoms with Crippen molar-refractivity contribution in [1.82, 2.24) is 15.1 Å². The van der Waals surface area contributed by atoms with Crippen LogP contribution in [-0.4, -0.2) is 26.2 Å². The second kappa shape index (κ2) is 7.75. The Morgan fingerprint density at radius 2 is 1.85 bits per heavy atom. The largest absolute Gasteiger partial charge is 0.477 e. The molecule has 0 aliphatic heterocycles. The quantitative estimate of drug-likeness (QED) is 0.284. The Balaban J connectivity index is 1.56. The van der Waals surface area contributed by atoms with E-state index in [0.717, 1.165) is 0 Å². The van der Waals surface area contributed by atoms with Crippen molar-refractivity contribution in [3.05, 3.63) is 70.2 Å². The molecule has 0 aliphatic rings. The smallest absolute Gasteiger partial charge is 0.426 e. The third-order valence-corrected chi connectivity index (χ3v) is 6.48. The molecule has 0 bridgehead atoms. The Kier molecular flexibility index (Phi) is 4.98. The van der Waals surface area contributed by atoms with E-state index in [0.29, 0.717) is 33.4 Å². The number of thiophene rings is 1. The number of hydrogen-bond donors (Lipinski definition) is 2. The van der Waals surface area contributed by atoms with Crippen LogP contribution in [0.3, 0.4) is 0 Å². The Labute approximate surface area is 192 Å². The number of nitrogens with zero attached hydrogens (tertiary/aromatic N) is 2. The molecular formula is C22H11ClF3N3O3S. The van der Waals surface area contributed by atoms with Crippen molar-refractivity contribution in [2.24, 2.45) is 0 Å². The maximum absolute atomic E-state index is 13.7. The van der Waals surface area contributed by atoms with Crippen LogP contribution in [0.5, 0.6) is 0 Å². The molecule has 0 saturated heterocycles. The number of aromatic amines is 1. The molecule has 0 radical (unpaired) electrons. The van der Waals surface area contributed by atoms with Gasteiger partial charge in [-0.05, 0) is 29.8 Å².